The number of nitrogens with zero attached hydrogens (tertiary/aromatic N) is 2. The third-order valence-corrected chi connectivity index (χ3v) is 4.17. The van der Waals surface area contributed by atoms with Crippen LogP contribution < -0.4 is 15.8 Å². The highest BCUT2D eigenvalue weighted by atomic mass is 127. The van der Waals surface area contributed by atoms with Crippen LogP contribution in [0.1, 0.15) is 12.0 Å². The number of hydrogen-bond donors (Lipinski definition) is 2. The fraction of sp³-hybridized carbons (Fsp3) is 0.588. The van der Waals surface area contributed by atoms with E-state index in [1.54, 1.807) is 14.2 Å². The smallest absolute Gasteiger partial charge is 0.188 e. The van der Waals surface area contributed by atoms with E-state index in [4.69, 9.17) is 15.2 Å². The Morgan fingerprint density at radius 2 is 2.17 bits per heavy atom. The van der Waals surface area contributed by atoms with Crippen molar-refractivity contribution < 1.29 is 9.47 Å². The van der Waals surface area contributed by atoms with Crippen molar-refractivity contribution in [3.05, 3.63) is 29.8 Å². The van der Waals surface area contributed by atoms with E-state index in [1.807, 2.05) is 24.3 Å². The molecule has 2 rings (SSSR count). The molecule has 1 aromatic rings. The quantitative estimate of drug-likeness (QED) is 0.360. The van der Waals surface area contributed by atoms with Crippen LogP contribution >= 0.6 is 24.0 Å². The number of benzene rings is 1. The van der Waals surface area contributed by atoms with Crippen LogP contribution in [0.3, 0.4) is 0 Å². The van der Waals surface area contributed by atoms with E-state index < -0.39 is 0 Å². The highest BCUT2D eigenvalue weighted by Gasteiger charge is 2.21. The van der Waals surface area contributed by atoms with Gasteiger partial charge in [0.05, 0.1) is 20.3 Å². The molecule has 24 heavy (non-hydrogen) atoms. The minimum Gasteiger partial charge on any atom is -0.496 e. The number of nitrogens with two attached hydrogens (primary N) is 1. The lowest BCUT2D eigenvalue weighted by atomic mass is 10.1. The molecular weight excluding hydrogens is 419 g/mol. The molecule has 0 aliphatic carbocycles. The molecule has 7 heteroatoms. The van der Waals surface area contributed by atoms with Crippen molar-refractivity contribution in [2.24, 2.45) is 16.6 Å². The second kappa shape index (κ2) is 11.5. The summed E-state index contributed by atoms with van der Waals surface area (Å²) in [6.45, 7) is 5.41. The van der Waals surface area contributed by atoms with E-state index in [0.29, 0.717) is 18.4 Å². The molecule has 1 unspecified atom stereocenters. The molecule has 1 fully saturated rings. The molecule has 1 aliphatic rings. The molecule has 1 aromatic carbocycles. The lowest BCUT2D eigenvalue weighted by molar-refractivity contribution is 0.159. The predicted molar refractivity (Wildman–Crippen MR) is 108 cm³/mol. The van der Waals surface area contributed by atoms with Crippen molar-refractivity contribution in [1.82, 2.24) is 10.2 Å². The number of aliphatic imine (C=N–C) groups is 1. The van der Waals surface area contributed by atoms with E-state index in [9.17, 15) is 0 Å². The number of likely N-dealkylation sites (tertiary alicyclic amines) is 1. The first-order chi connectivity index (χ1) is 11.2. The minimum atomic E-state index is 0. The predicted octanol–water partition coefficient (Wildman–Crippen LogP) is 1.69. The average Bonchev–Trinajstić information content (AvgIpc) is 3.04. The number of hydrogen-bond acceptors (Lipinski definition) is 4. The van der Waals surface area contributed by atoms with Gasteiger partial charge in [-0.05, 0) is 24.9 Å². The second-order valence-corrected chi connectivity index (χ2v) is 5.84. The molecule has 0 amide bonds. The summed E-state index contributed by atoms with van der Waals surface area (Å²) >= 11 is 0. The molecule has 3 N–H and O–H groups in total. The Balaban J connectivity index is 0.00000288. The third kappa shape index (κ3) is 6.82. The van der Waals surface area contributed by atoms with Crippen molar-refractivity contribution in [3.63, 3.8) is 0 Å². The zero-order valence-corrected chi connectivity index (χ0v) is 16.9. The zero-order chi connectivity index (χ0) is 16.5. The highest BCUT2D eigenvalue weighted by Crippen LogP contribution is 2.18. The number of methoxy groups -OCH3 is 2. The molecule has 1 atom stereocenters. The summed E-state index contributed by atoms with van der Waals surface area (Å²) in [4.78, 5) is 6.83. The molecule has 1 aliphatic heterocycles. The van der Waals surface area contributed by atoms with Gasteiger partial charge in [-0.15, -0.1) is 24.0 Å². The van der Waals surface area contributed by atoms with Gasteiger partial charge in [0.15, 0.2) is 5.96 Å². The summed E-state index contributed by atoms with van der Waals surface area (Å²) in [6.07, 6.45) is 1.19. The first-order valence-corrected chi connectivity index (χ1v) is 8.10. The molecule has 0 saturated carbocycles. The SMILES string of the molecule is COCCN1CCC(CNC(N)=NCc2ccccc2OC)C1.I. The maximum atomic E-state index is 5.97. The lowest BCUT2D eigenvalue weighted by Gasteiger charge is -2.15. The van der Waals surface area contributed by atoms with Gasteiger partial charge in [-0.25, -0.2) is 4.99 Å². The number of ether oxygens (including phenoxy) is 2. The van der Waals surface area contributed by atoms with Crippen molar-refractivity contribution in [2.75, 3.05) is 47.0 Å². The summed E-state index contributed by atoms with van der Waals surface area (Å²) in [6, 6.07) is 7.86. The van der Waals surface area contributed by atoms with Crippen molar-refractivity contribution in [2.45, 2.75) is 13.0 Å². The average molecular weight is 448 g/mol. The highest BCUT2D eigenvalue weighted by molar-refractivity contribution is 14.0. The Hall–Kier alpha value is -1.06. The number of nitrogens with one attached hydrogen (secondary N) is 1. The van der Waals surface area contributed by atoms with Crippen LogP contribution in [0, 0.1) is 5.92 Å². The van der Waals surface area contributed by atoms with E-state index in [0.717, 1.165) is 44.1 Å². The molecule has 1 saturated heterocycles. The molecule has 0 aromatic heterocycles. The third-order valence-electron chi connectivity index (χ3n) is 4.17. The Morgan fingerprint density at radius 3 is 2.92 bits per heavy atom. The van der Waals surface area contributed by atoms with Crippen LogP contribution in [0.15, 0.2) is 29.3 Å². The minimum absolute atomic E-state index is 0. The van der Waals surface area contributed by atoms with E-state index in [-0.39, 0.29) is 24.0 Å². The maximum absolute atomic E-state index is 5.97. The first-order valence-electron chi connectivity index (χ1n) is 8.10. The topological polar surface area (TPSA) is 72.1 Å². The normalized spacial score (nSPS) is 18.2. The van der Waals surface area contributed by atoms with E-state index in [1.165, 1.54) is 6.42 Å². The van der Waals surface area contributed by atoms with Crippen LogP contribution in [0.4, 0.5) is 0 Å². The van der Waals surface area contributed by atoms with Gasteiger partial charge in [0.25, 0.3) is 0 Å². The Bertz CT molecular complexity index is 513. The standard InChI is InChI=1S/C17H28N4O2.HI/c1-22-10-9-21-8-7-14(13-21)11-19-17(18)20-12-15-5-3-4-6-16(15)23-2;/h3-6,14H,7-13H2,1-2H3,(H3,18,19,20);1H. The van der Waals surface area contributed by atoms with Crippen molar-refractivity contribution >= 4 is 29.9 Å². The van der Waals surface area contributed by atoms with Gasteiger partial charge in [-0.3, -0.25) is 0 Å². The maximum Gasteiger partial charge on any atom is 0.188 e. The van der Waals surface area contributed by atoms with E-state index >= 15 is 0 Å². The fourth-order valence-electron chi connectivity index (χ4n) is 2.81. The molecule has 0 bridgehead atoms. The summed E-state index contributed by atoms with van der Waals surface area (Å²) in [7, 11) is 3.41. The van der Waals surface area contributed by atoms with Gasteiger partial charge in [-0.1, -0.05) is 18.2 Å². The Morgan fingerprint density at radius 1 is 1.38 bits per heavy atom. The Kier molecular flexibility index (Phi) is 10.0. The molecule has 6 nitrogen and oxygen atoms in total. The van der Waals surface area contributed by atoms with Crippen LogP contribution in [0.25, 0.3) is 0 Å². The van der Waals surface area contributed by atoms with Crippen molar-refractivity contribution in [3.8, 4) is 5.75 Å². The fourth-order valence-corrected chi connectivity index (χ4v) is 2.81. The molecule has 1 heterocycles. The van der Waals surface area contributed by atoms with Crippen LogP contribution in [0.5, 0.6) is 5.75 Å². The van der Waals surface area contributed by atoms with Crippen molar-refractivity contribution in [1.29, 1.82) is 0 Å². The summed E-state index contributed by atoms with van der Waals surface area (Å²) in [5, 5.41) is 3.24. The van der Waals surface area contributed by atoms with Crippen LogP contribution in [0.2, 0.25) is 0 Å². The van der Waals surface area contributed by atoms with Crippen LogP contribution in [-0.2, 0) is 11.3 Å². The second-order valence-electron chi connectivity index (χ2n) is 5.84. The molecule has 136 valence electrons. The van der Waals surface area contributed by atoms with Gasteiger partial charge in [0, 0.05) is 32.3 Å². The zero-order valence-electron chi connectivity index (χ0n) is 14.5. The lowest BCUT2D eigenvalue weighted by Crippen LogP contribution is -2.36. The largest absolute Gasteiger partial charge is 0.496 e. The summed E-state index contributed by atoms with van der Waals surface area (Å²) in [5.74, 6) is 1.95. The van der Waals surface area contributed by atoms with Gasteiger partial charge in [-0.2, -0.15) is 0 Å². The molecular formula is C17H29IN4O2. The number of halogens is 1. The summed E-state index contributed by atoms with van der Waals surface area (Å²) < 4.78 is 10.4. The first kappa shape index (κ1) is 21.0. The van der Waals surface area contributed by atoms with Gasteiger partial charge in [0.2, 0.25) is 0 Å². The monoisotopic (exact) mass is 448 g/mol. The van der Waals surface area contributed by atoms with E-state index in [2.05, 4.69) is 15.2 Å². The number of para-hydroxylation sites is 1. The summed E-state index contributed by atoms with van der Waals surface area (Å²) in [5.41, 5.74) is 7.00. The van der Waals surface area contributed by atoms with Gasteiger partial charge in [0.1, 0.15) is 5.75 Å². The van der Waals surface area contributed by atoms with Gasteiger partial charge < -0.3 is 25.4 Å². The Labute approximate surface area is 161 Å². The number of rotatable bonds is 8. The van der Waals surface area contributed by atoms with Crippen LogP contribution in [-0.4, -0.2) is 57.9 Å². The molecule has 0 radical (unpaired) electrons. The van der Waals surface area contributed by atoms with Gasteiger partial charge >= 0.3 is 0 Å². The number of guanidine groups is 1. The molecule has 0 spiro atoms.